The van der Waals surface area contributed by atoms with Gasteiger partial charge in [-0.05, 0) is 18.4 Å². The lowest BCUT2D eigenvalue weighted by molar-refractivity contribution is -0.143. The van der Waals surface area contributed by atoms with E-state index < -0.39 is 18.4 Å². The monoisotopic (exact) mass is 406 g/mol. The van der Waals surface area contributed by atoms with Crippen LogP contribution in [-0.4, -0.2) is 40.3 Å². The Morgan fingerprint density at radius 2 is 1.47 bits per heavy atom. The molecule has 0 spiro atoms. The number of aliphatic carboxylic acids is 1. The Morgan fingerprint density at radius 1 is 0.933 bits per heavy atom. The number of nitrogens with zero attached hydrogens (tertiary/aromatic N) is 2. The van der Waals surface area contributed by atoms with Crippen molar-refractivity contribution in [2.24, 2.45) is 16.5 Å². The van der Waals surface area contributed by atoms with E-state index in [4.69, 9.17) is 11.5 Å². The van der Waals surface area contributed by atoms with Crippen LogP contribution in [0.4, 0.5) is 0 Å². The lowest BCUT2D eigenvalue weighted by atomic mass is 10.1. The largest absolute Gasteiger partial charge is 0.480 e. The fourth-order valence-electron chi connectivity index (χ4n) is 3.67. The smallest absolute Gasteiger partial charge is 0.323 e. The van der Waals surface area contributed by atoms with Crippen molar-refractivity contribution in [3.8, 4) is 0 Å². The number of benzene rings is 2. The summed E-state index contributed by atoms with van der Waals surface area (Å²) < 4.78 is 0. The van der Waals surface area contributed by atoms with E-state index in [-0.39, 0.29) is 11.9 Å². The maximum absolute atomic E-state index is 13.0. The number of carbonyl (C=O) groups is 2. The number of carbonyl (C=O) groups excluding carboxylic acids is 1. The minimum atomic E-state index is -1.08. The standard InChI is InChI=1S/C23H26N4O3/c24-20(16-9-3-1-4-10-16)21(17-11-5-2-6-12-17)26-22(25)23(30)27(15-19(28)29)18-13-7-8-14-18/h1-6,9-12,18H,7-8,13-15,24H2,(H2,25,26)(H,28,29)/b21-20-. The third kappa shape index (κ3) is 5.05. The van der Waals surface area contributed by atoms with Crippen molar-refractivity contribution in [1.29, 1.82) is 0 Å². The van der Waals surface area contributed by atoms with Crippen molar-refractivity contribution in [1.82, 2.24) is 4.90 Å². The molecule has 1 saturated carbocycles. The highest BCUT2D eigenvalue weighted by atomic mass is 16.4. The summed E-state index contributed by atoms with van der Waals surface area (Å²) in [5.41, 5.74) is 14.7. The molecular formula is C23H26N4O3. The van der Waals surface area contributed by atoms with Gasteiger partial charge in [0.1, 0.15) is 6.54 Å². The highest BCUT2D eigenvalue weighted by Gasteiger charge is 2.30. The normalized spacial score (nSPS) is 15.5. The number of rotatable bonds is 6. The van der Waals surface area contributed by atoms with Gasteiger partial charge in [0.2, 0.25) is 0 Å². The van der Waals surface area contributed by atoms with E-state index in [0.717, 1.165) is 31.2 Å². The summed E-state index contributed by atoms with van der Waals surface area (Å²) in [6, 6.07) is 18.4. The zero-order valence-corrected chi connectivity index (χ0v) is 16.7. The van der Waals surface area contributed by atoms with Crippen LogP contribution in [0, 0.1) is 0 Å². The lowest BCUT2D eigenvalue weighted by Gasteiger charge is -2.27. The van der Waals surface area contributed by atoms with Gasteiger partial charge in [-0.1, -0.05) is 73.5 Å². The summed E-state index contributed by atoms with van der Waals surface area (Å²) in [6.45, 7) is -0.404. The van der Waals surface area contributed by atoms with Gasteiger partial charge < -0.3 is 21.5 Å². The van der Waals surface area contributed by atoms with Crippen molar-refractivity contribution in [3.63, 3.8) is 0 Å². The molecule has 3 rings (SSSR count). The van der Waals surface area contributed by atoms with E-state index in [9.17, 15) is 14.7 Å². The maximum Gasteiger partial charge on any atom is 0.323 e. The minimum absolute atomic E-state index is 0.141. The Balaban J connectivity index is 2.01. The Kier molecular flexibility index (Phi) is 6.85. The molecular weight excluding hydrogens is 380 g/mol. The first-order valence-electron chi connectivity index (χ1n) is 9.95. The molecule has 2 aromatic rings. The highest BCUT2D eigenvalue weighted by Crippen LogP contribution is 2.26. The van der Waals surface area contributed by atoms with Gasteiger partial charge in [-0.3, -0.25) is 9.59 Å². The maximum atomic E-state index is 13.0. The van der Waals surface area contributed by atoms with Crippen LogP contribution in [0.1, 0.15) is 36.8 Å². The molecule has 30 heavy (non-hydrogen) atoms. The number of carboxylic acids is 1. The summed E-state index contributed by atoms with van der Waals surface area (Å²) in [7, 11) is 0. The summed E-state index contributed by atoms with van der Waals surface area (Å²) in [4.78, 5) is 30.1. The zero-order chi connectivity index (χ0) is 21.5. The van der Waals surface area contributed by atoms with Crippen molar-refractivity contribution in [2.75, 3.05) is 6.54 Å². The second kappa shape index (κ2) is 9.73. The SMILES string of the molecule is NC(=N/C(=C(\N)c1ccccc1)c1ccccc1)C(=O)N(CC(=O)O)C1CCCC1. The van der Waals surface area contributed by atoms with Crippen LogP contribution in [0.15, 0.2) is 65.7 Å². The van der Waals surface area contributed by atoms with Crippen LogP contribution in [0.3, 0.4) is 0 Å². The average Bonchev–Trinajstić information content (AvgIpc) is 3.30. The van der Waals surface area contributed by atoms with Crippen molar-refractivity contribution in [3.05, 3.63) is 71.8 Å². The van der Waals surface area contributed by atoms with Crippen LogP contribution in [-0.2, 0) is 9.59 Å². The number of amides is 1. The molecule has 0 atom stereocenters. The molecule has 7 nitrogen and oxygen atoms in total. The first kappa shape index (κ1) is 21.1. The van der Waals surface area contributed by atoms with Crippen LogP contribution >= 0.6 is 0 Å². The quantitative estimate of drug-likeness (QED) is 0.387. The first-order chi connectivity index (χ1) is 14.5. The molecule has 0 bridgehead atoms. The number of aliphatic imine (C=N–C) groups is 1. The van der Waals surface area contributed by atoms with Gasteiger partial charge in [0.05, 0.1) is 11.4 Å². The molecule has 5 N–H and O–H groups in total. The third-order valence-corrected chi connectivity index (χ3v) is 5.17. The van der Waals surface area contributed by atoms with Crippen molar-refractivity contribution < 1.29 is 14.7 Å². The number of nitrogens with two attached hydrogens (primary N) is 2. The molecule has 0 heterocycles. The highest BCUT2D eigenvalue weighted by molar-refractivity contribution is 6.38. The molecule has 0 aromatic heterocycles. The lowest BCUT2D eigenvalue weighted by Crippen LogP contribution is -2.47. The minimum Gasteiger partial charge on any atom is -0.480 e. The first-order valence-corrected chi connectivity index (χ1v) is 9.95. The Labute approximate surface area is 175 Å². The topological polar surface area (TPSA) is 122 Å². The summed E-state index contributed by atoms with van der Waals surface area (Å²) in [5.74, 6) is -1.94. The van der Waals surface area contributed by atoms with Gasteiger partial charge in [0.25, 0.3) is 5.91 Å². The molecule has 1 fully saturated rings. The van der Waals surface area contributed by atoms with E-state index in [1.807, 2.05) is 60.7 Å². The Bertz CT molecular complexity index is 949. The molecule has 156 valence electrons. The predicted molar refractivity (Wildman–Crippen MR) is 117 cm³/mol. The van der Waals surface area contributed by atoms with E-state index in [1.54, 1.807) is 0 Å². The van der Waals surface area contributed by atoms with Gasteiger partial charge in [-0.2, -0.15) is 0 Å². The van der Waals surface area contributed by atoms with Gasteiger partial charge in [0, 0.05) is 11.6 Å². The fourth-order valence-corrected chi connectivity index (χ4v) is 3.67. The second-order valence-corrected chi connectivity index (χ2v) is 7.26. The molecule has 1 amide bonds. The third-order valence-electron chi connectivity index (χ3n) is 5.17. The predicted octanol–water partition coefficient (Wildman–Crippen LogP) is 2.68. The van der Waals surface area contributed by atoms with Crippen molar-refractivity contribution >= 4 is 29.1 Å². The summed E-state index contributed by atoms with van der Waals surface area (Å²) in [5, 5.41) is 9.27. The van der Waals surface area contributed by atoms with Gasteiger partial charge in [-0.15, -0.1) is 0 Å². The van der Waals surface area contributed by atoms with Gasteiger partial charge in [0.15, 0.2) is 5.84 Å². The molecule has 7 heteroatoms. The van der Waals surface area contributed by atoms with Crippen molar-refractivity contribution in [2.45, 2.75) is 31.7 Å². The van der Waals surface area contributed by atoms with Gasteiger partial charge >= 0.3 is 5.97 Å². The molecule has 2 aromatic carbocycles. The number of carboxylic acid groups (broad SMARTS) is 1. The van der Waals surface area contributed by atoms with Crippen LogP contribution in [0.5, 0.6) is 0 Å². The van der Waals surface area contributed by atoms with Gasteiger partial charge in [-0.25, -0.2) is 4.99 Å². The molecule has 1 aliphatic rings. The number of hydrogen-bond donors (Lipinski definition) is 3. The summed E-state index contributed by atoms with van der Waals surface area (Å²) in [6.07, 6.45) is 3.45. The summed E-state index contributed by atoms with van der Waals surface area (Å²) >= 11 is 0. The van der Waals surface area contributed by atoms with E-state index >= 15 is 0 Å². The fraction of sp³-hybridized carbons (Fsp3) is 0.261. The molecule has 1 aliphatic carbocycles. The van der Waals surface area contributed by atoms with E-state index in [0.29, 0.717) is 17.0 Å². The molecule has 0 radical (unpaired) electrons. The van der Waals surface area contributed by atoms with Crippen LogP contribution in [0.2, 0.25) is 0 Å². The van der Waals surface area contributed by atoms with Crippen LogP contribution < -0.4 is 11.5 Å². The molecule has 0 saturated heterocycles. The average molecular weight is 406 g/mol. The molecule has 0 aliphatic heterocycles. The Morgan fingerprint density at radius 3 is 2.00 bits per heavy atom. The second-order valence-electron chi connectivity index (χ2n) is 7.26. The zero-order valence-electron chi connectivity index (χ0n) is 16.7. The van der Waals surface area contributed by atoms with E-state index in [1.165, 1.54) is 4.90 Å². The molecule has 0 unspecified atom stereocenters. The Hall–Kier alpha value is -3.61. The number of hydrogen-bond acceptors (Lipinski definition) is 4. The number of amidine groups is 1. The van der Waals surface area contributed by atoms with Crippen LogP contribution in [0.25, 0.3) is 11.4 Å². The van der Waals surface area contributed by atoms with E-state index in [2.05, 4.69) is 4.99 Å².